The highest BCUT2D eigenvalue weighted by molar-refractivity contribution is 7.11. The minimum Gasteiger partial charge on any atom is -0.348 e. The van der Waals surface area contributed by atoms with Crippen LogP contribution in [-0.2, 0) is 12.8 Å². The monoisotopic (exact) mass is 234 g/mol. The van der Waals surface area contributed by atoms with Crippen molar-refractivity contribution in [2.75, 3.05) is 6.54 Å². The average Bonchev–Trinajstić information content (AvgIpc) is 2.97. The molecule has 1 unspecified atom stereocenters. The third-order valence-corrected chi connectivity index (χ3v) is 4.12. The Labute approximate surface area is 98.1 Å². The van der Waals surface area contributed by atoms with Gasteiger partial charge in [0.15, 0.2) is 0 Å². The molecule has 0 fully saturated rings. The van der Waals surface area contributed by atoms with Gasteiger partial charge in [0.1, 0.15) is 11.0 Å². The lowest BCUT2D eigenvalue weighted by molar-refractivity contribution is 0.551. The summed E-state index contributed by atoms with van der Waals surface area (Å²) in [6.07, 6.45) is 5.83. The number of hydrogen-bond donors (Lipinski definition) is 2. The van der Waals surface area contributed by atoms with Gasteiger partial charge in [-0.3, -0.25) is 0 Å². The van der Waals surface area contributed by atoms with Crippen molar-refractivity contribution in [3.63, 3.8) is 0 Å². The maximum Gasteiger partial charge on any atom is 0.116 e. The number of hydrogen-bond acceptors (Lipinski definition) is 4. The number of fused-ring (bicyclic) bond motifs is 1. The molecule has 5 heteroatoms. The Balaban J connectivity index is 1.97. The molecule has 0 radical (unpaired) electrons. The lowest BCUT2D eigenvalue weighted by atomic mass is 10.1. The van der Waals surface area contributed by atoms with Crippen LogP contribution in [0, 0.1) is 0 Å². The Morgan fingerprint density at radius 3 is 3.25 bits per heavy atom. The predicted molar refractivity (Wildman–Crippen MR) is 63.6 cm³/mol. The van der Waals surface area contributed by atoms with Gasteiger partial charge in [-0.2, -0.15) is 0 Å². The van der Waals surface area contributed by atoms with Crippen LogP contribution in [0.3, 0.4) is 0 Å². The van der Waals surface area contributed by atoms with Crippen molar-refractivity contribution in [1.82, 2.24) is 20.3 Å². The van der Waals surface area contributed by atoms with Crippen LogP contribution < -0.4 is 5.32 Å². The van der Waals surface area contributed by atoms with Crippen LogP contribution in [0.5, 0.6) is 0 Å². The van der Waals surface area contributed by atoms with E-state index in [0.717, 1.165) is 30.1 Å². The van der Waals surface area contributed by atoms with Gasteiger partial charge in [-0.15, -0.1) is 11.3 Å². The van der Waals surface area contributed by atoms with Gasteiger partial charge in [0.05, 0.1) is 12.0 Å². The molecule has 1 aliphatic rings. The number of aryl methyl sites for hydroxylation is 1. The average molecular weight is 234 g/mol. The van der Waals surface area contributed by atoms with Crippen molar-refractivity contribution in [2.24, 2.45) is 0 Å². The van der Waals surface area contributed by atoms with Gasteiger partial charge in [0.2, 0.25) is 0 Å². The lowest BCUT2D eigenvalue weighted by Gasteiger charge is -2.20. The summed E-state index contributed by atoms with van der Waals surface area (Å²) < 4.78 is 0. The summed E-state index contributed by atoms with van der Waals surface area (Å²) in [5.41, 5.74) is 2.36. The van der Waals surface area contributed by atoms with Crippen LogP contribution in [0.15, 0.2) is 12.5 Å². The summed E-state index contributed by atoms with van der Waals surface area (Å²) >= 11 is 1.78. The first-order chi connectivity index (χ1) is 7.88. The molecule has 1 aliphatic heterocycles. The number of H-pyrrole nitrogens is 1. The van der Waals surface area contributed by atoms with E-state index >= 15 is 0 Å². The van der Waals surface area contributed by atoms with E-state index in [2.05, 4.69) is 27.2 Å². The largest absolute Gasteiger partial charge is 0.348 e. The minimum absolute atomic E-state index is 0.181. The Morgan fingerprint density at radius 1 is 1.50 bits per heavy atom. The van der Waals surface area contributed by atoms with Crippen LogP contribution in [-0.4, -0.2) is 21.5 Å². The van der Waals surface area contributed by atoms with E-state index in [9.17, 15) is 0 Å². The molecule has 0 saturated heterocycles. The second-order valence-electron chi connectivity index (χ2n) is 3.92. The molecule has 16 heavy (non-hydrogen) atoms. The van der Waals surface area contributed by atoms with E-state index in [1.165, 1.54) is 10.6 Å². The van der Waals surface area contributed by atoms with Gasteiger partial charge in [0.25, 0.3) is 0 Å². The Kier molecular flexibility index (Phi) is 2.49. The topological polar surface area (TPSA) is 53.6 Å². The lowest BCUT2D eigenvalue weighted by Crippen LogP contribution is -2.30. The second kappa shape index (κ2) is 3.99. The first-order valence-corrected chi connectivity index (χ1v) is 6.40. The molecule has 4 nitrogen and oxygen atoms in total. The molecule has 0 amide bonds. The van der Waals surface area contributed by atoms with Crippen molar-refractivity contribution in [3.8, 4) is 0 Å². The van der Waals surface area contributed by atoms with Crippen LogP contribution in [0.25, 0.3) is 0 Å². The van der Waals surface area contributed by atoms with E-state index < -0.39 is 0 Å². The standard InChI is InChI=1S/C11H14N4S/c1-2-7-5-13-11(16-7)10-9-8(3-4-12-10)14-6-15-9/h5-6,10,12H,2-4H2,1H3,(H,14,15). The highest BCUT2D eigenvalue weighted by Gasteiger charge is 2.25. The zero-order chi connectivity index (χ0) is 11.0. The van der Waals surface area contributed by atoms with Crippen molar-refractivity contribution >= 4 is 11.3 Å². The normalized spacial score (nSPS) is 19.7. The Hall–Kier alpha value is -1.20. The number of aromatic nitrogens is 3. The highest BCUT2D eigenvalue weighted by Crippen LogP contribution is 2.29. The fraction of sp³-hybridized carbons (Fsp3) is 0.455. The number of nitrogens with zero attached hydrogens (tertiary/aromatic N) is 2. The van der Waals surface area contributed by atoms with Gasteiger partial charge < -0.3 is 10.3 Å². The highest BCUT2D eigenvalue weighted by atomic mass is 32.1. The van der Waals surface area contributed by atoms with Crippen LogP contribution in [0.2, 0.25) is 0 Å². The molecule has 2 N–H and O–H groups in total. The van der Waals surface area contributed by atoms with Crippen LogP contribution >= 0.6 is 11.3 Å². The predicted octanol–water partition coefficient (Wildman–Crippen LogP) is 1.66. The molecule has 2 aromatic rings. The molecule has 0 spiro atoms. The maximum atomic E-state index is 4.49. The van der Waals surface area contributed by atoms with E-state index in [0.29, 0.717) is 0 Å². The number of imidazole rings is 1. The van der Waals surface area contributed by atoms with Crippen LogP contribution in [0.4, 0.5) is 0 Å². The number of aromatic amines is 1. The molecule has 0 aromatic carbocycles. The summed E-state index contributed by atoms with van der Waals surface area (Å²) in [7, 11) is 0. The molecule has 0 bridgehead atoms. The molecule has 1 atom stereocenters. The first-order valence-electron chi connectivity index (χ1n) is 5.58. The fourth-order valence-electron chi connectivity index (χ4n) is 2.04. The Morgan fingerprint density at radius 2 is 2.44 bits per heavy atom. The SMILES string of the molecule is CCc1cnc(C2NCCc3[nH]cnc32)s1. The molecule has 84 valence electrons. The maximum absolute atomic E-state index is 4.49. The quantitative estimate of drug-likeness (QED) is 0.831. The van der Waals surface area contributed by atoms with E-state index in [1.54, 1.807) is 17.7 Å². The zero-order valence-corrected chi connectivity index (χ0v) is 9.97. The van der Waals surface area contributed by atoms with Crippen molar-refractivity contribution < 1.29 is 0 Å². The number of thiazole rings is 1. The molecule has 3 rings (SSSR count). The van der Waals surface area contributed by atoms with E-state index in [1.807, 2.05) is 6.20 Å². The molecule has 0 aliphatic carbocycles. The zero-order valence-electron chi connectivity index (χ0n) is 9.16. The summed E-state index contributed by atoms with van der Waals surface area (Å²) in [4.78, 5) is 13.4. The summed E-state index contributed by atoms with van der Waals surface area (Å²) in [6.45, 7) is 3.15. The van der Waals surface area contributed by atoms with Gasteiger partial charge in [-0.1, -0.05) is 6.92 Å². The molecule has 2 aromatic heterocycles. The summed E-state index contributed by atoms with van der Waals surface area (Å²) in [5.74, 6) is 0. The molecule has 0 saturated carbocycles. The van der Waals surface area contributed by atoms with Crippen molar-refractivity contribution in [3.05, 3.63) is 33.8 Å². The van der Waals surface area contributed by atoms with Gasteiger partial charge in [0, 0.05) is 29.7 Å². The first kappa shape index (κ1) is 9.99. The third kappa shape index (κ3) is 1.56. The van der Waals surface area contributed by atoms with Gasteiger partial charge in [-0.25, -0.2) is 9.97 Å². The van der Waals surface area contributed by atoms with E-state index in [-0.39, 0.29) is 6.04 Å². The summed E-state index contributed by atoms with van der Waals surface area (Å²) in [5, 5.41) is 4.61. The van der Waals surface area contributed by atoms with Crippen molar-refractivity contribution in [2.45, 2.75) is 25.8 Å². The fourth-order valence-corrected chi connectivity index (χ4v) is 2.98. The van der Waals surface area contributed by atoms with Gasteiger partial charge >= 0.3 is 0 Å². The van der Waals surface area contributed by atoms with Gasteiger partial charge in [-0.05, 0) is 6.42 Å². The van der Waals surface area contributed by atoms with E-state index in [4.69, 9.17) is 0 Å². The van der Waals surface area contributed by atoms with Crippen LogP contribution in [0.1, 0.15) is 34.2 Å². The molecular formula is C11H14N4S. The smallest absolute Gasteiger partial charge is 0.116 e. The summed E-state index contributed by atoms with van der Waals surface area (Å²) in [6, 6.07) is 0.181. The van der Waals surface area contributed by atoms with Crippen molar-refractivity contribution in [1.29, 1.82) is 0 Å². The minimum atomic E-state index is 0.181. The number of nitrogens with one attached hydrogen (secondary N) is 2. The Bertz CT molecular complexity index is 488. The molecule has 3 heterocycles. The number of rotatable bonds is 2. The third-order valence-electron chi connectivity index (χ3n) is 2.92. The molecular weight excluding hydrogens is 220 g/mol. The second-order valence-corrected chi connectivity index (χ2v) is 5.07.